The molecule has 0 amide bonds. The van der Waals surface area contributed by atoms with Crippen LogP contribution in [-0.2, 0) is 0 Å². The fourth-order valence-electron chi connectivity index (χ4n) is 2.58. The van der Waals surface area contributed by atoms with Crippen LogP contribution in [0.25, 0.3) is 5.65 Å². The fraction of sp³-hybridized carbons (Fsp3) is 0.538. The summed E-state index contributed by atoms with van der Waals surface area (Å²) in [7, 11) is 0. The summed E-state index contributed by atoms with van der Waals surface area (Å²) in [6, 6.07) is 6.28. The van der Waals surface area contributed by atoms with Crippen LogP contribution in [0.5, 0.6) is 0 Å². The van der Waals surface area contributed by atoms with Crippen molar-refractivity contribution in [1.82, 2.24) is 14.6 Å². The summed E-state index contributed by atoms with van der Waals surface area (Å²) >= 11 is 3.29. The number of hydrogen-bond donors (Lipinski definition) is 2. The van der Waals surface area contributed by atoms with E-state index in [0.29, 0.717) is 10.8 Å². The molecule has 0 radical (unpaired) electrons. The molecule has 0 aliphatic heterocycles. The molecule has 0 aromatic carbocycles. The van der Waals surface area contributed by atoms with Crippen LogP contribution >= 0.6 is 15.9 Å². The Balaban J connectivity index is 1.79. The van der Waals surface area contributed by atoms with Crippen molar-refractivity contribution in [2.45, 2.75) is 44.2 Å². The molecule has 2 N–H and O–H groups in total. The van der Waals surface area contributed by atoms with Gasteiger partial charge in [0.2, 0.25) is 4.73 Å². The SMILES string of the molecule is C[C@]1(O)CC[C@@H](Nc2cccc3nc(Br)nn23)CC1. The molecule has 0 unspecified atom stereocenters. The number of nitrogens with one attached hydrogen (secondary N) is 1. The minimum Gasteiger partial charge on any atom is -0.390 e. The van der Waals surface area contributed by atoms with E-state index in [9.17, 15) is 5.11 Å². The van der Waals surface area contributed by atoms with Crippen LogP contribution in [0.2, 0.25) is 0 Å². The smallest absolute Gasteiger partial charge is 0.218 e. The van der Waals surface area contributed by atoms with Gasteiger partial charge in [-0.25, -0.2) is 4.98 Å². The van der Waals surface area contributed by atoms with Gasteiger partial charge in [-0.1, -0.05) is 6.07 Å². The lowest BCUT2D eigenvalue weighted by Crippen LogP contribution is -2.36. The molecule has 19 heavy (non-hydrogen) atoms. The predicted molar refractivity (Wildman–Crippen MR) is 77.2 cm³/mol. The zero-order chi connectivity index (χ0) is 13.5. The number of hydrogen-bond acceptors (Lipinski definition) is 4. The summed E-state index contributed by atoms with van der Waals surface area (Å²) in [6.45, 7) is 1.92. The van der Waals surface area contributed by atoms with Crippen molar-refractivity contribution in [3.63, 3.8) is 0 Å². The highest BCUT2D eigenvalue weighted by Crippen LogP contribution is 2.29. The predicted octanol–water partition coefficient (Wildman–Crippen LogP) is 2.60. The van der Waals surface area contributed by atoms with Gasteiger partial charge in [-0.05, 0) is 60.7 Å². The molecule has 1 saturated carbocycles. The average molecular weight is 325 g/mol. The van der Waals surface area contributed by atoms with Crippen molar-refractivity contribution in [3.05, 3.63) is 22.9 Å². The third-order valence-corrected chi connectivity index (χ3v) is 4.08. The van der Waals surface area contributed by atoms with E-state index in [2.05, 4.69) is 31.3 Å². The molecule has 2 heterocycles. The first-order valence-corrected chi connectivity index (χ1v) is 7.33. The topological polar surface area (TPSA) is 62.5 Å². The Hall–Kier alpha value is -1.14. The molecule has 1 fully saturated rings. The number of anilines is 1. The molecule has 0 atom stereocenters. The lowest BCUT2D eigenvalue weighted by atomic mass is 9.84. The summed E-state index contributed by atoms with van der Waals surface area (Å²) in [5.41, 5.74) is 0.320. The highest BCUT2D eigenvalue weighted by atomic mass is 79.9. The molecule has 102 valence electrons. The van der Waals surface area contributed by atoms with Gasteiger partial charge in [0.1, 0.15) is 5.82 Å². The summed E-state index contributed by atoms with van der Waals surface area (Å²) < 4.78 is 2.39. The Morgan fingerprint density at radius 3 is 2.89 bits per heavy atom. The number of fused-ring (bicyclic) bond motifs is 1. The Morgan fingerprint density at radius 2 is 2.16 bits per heavy atom. The Kier molecular flexibility index (Phi) is 3.22. The number of halogens is 1. The Bertz CT molecular complexity index is 585. The van der Waals surface area contributed by atoms with Crippen LogP contribution in [0.1, 0.15) is 32.6 Å². The normalized spacial score (nSPS) is 27.6. The van der Waals surface area contributed by atoms with Crippen molar-refractivity contribution in [1.29, 1.82) is 0 Å². The van der Waals surface area contributed by atoms with Gasteiger partial charge in [-0.2, -0.15) is 4.52 Å². The number of aliphatic hydroxyl groups is 1. The van der Waals surface area contributed by atoms with Crippen molar-refractivity contribution in [3.8, 4) is 0 Å². The van der Waals surface area contributed by atoms with Gasteiger partial charge in [0.15, 0.2) is 5.65 Å². The standard InChI is InChI=1S/C13H17BrN4O/c1-13(19)7-5-9(6-8-13)15-10-3-2-4-11-16-12(14)17-18(10)11/h2-4,9,15,19H,5-8H2,1H3/t9-,13+. The maximum absolute atomic E-state index is 9.97. The van der Waals surface area contributed by atoms with E-state index in [0.717, 1.165) is 37.1 Å². The van der Waals surface area contributed by atoms with E-state index in [4.69, 9.17) is 0 Å². The summed E-state index contributed by atoms with van der Waals surface area (Å²) in [6.07, 6.45) is 3.61. The zero-order valence-corrected chi connectivity index (χ0v) is 12.4. The Labute approximate surface area is 120 Å². The Morgan fingerprint density at radius 1 is 1.42 bits per heavy atom. The molecule has 0 saturated heterocycles. The lowest BCUT2D eigenvalue weighted by molar-refractivity contribution is 0.0196. The first kappa shape index (κ1) is 12.9. The molecular weight excluding hydrogens is 308 g/mol. The highest BCUT2D eigenvalue weighted by Gasteiger charge is 2.28. The van der Waals surface area contributed by atoms with E-state index in [-0.39, 0.29) is 0 Å². The summed E-state index contributed by atoms with van der Waals surface area (Å²) in [5, 5.41) is 17.8. The van der Waals surface area contributed by atoms with Crippen LogP contribution in [0.3, 0.4) is 0 Å². The molecule has 5 nitrogen and oxygen atoms in total. The lowest BCUT2D eigenvalue weighted by Gasteiger charge is -2.33. The fourth-order valence-corrected chi connectivity index (χ4v) is 2.92. The second kappa shape index (κ2) is 4.76. The molecule has 2 aromatic heterocycles. The van der Waals surface area contributed by atoms with E-state index >= 15 is 0 Å². The van der Waals surface area contributed by atoms with Gasteiger partial charge in [-0.3, -0.25) is 0 Å². The molecule has 1 aliphatic rings. The number of pyridine rings is 1. The van der Waals surface area contributed by atoms with Crippen molar-refractivity contribution < 1.29 is 5.11 Å². The van der Waals surface area contributed by atoms with Crippen LogP contribution in [0, 0.1) is 0 Å². The van der Waals surface area contributed by atoms with E-state index in [1.165, 1.54) is 0 Å². The largest absolute Gasteiger partial charge is 0.390 e. The van der Waals surface area contributed by atoms with Gasteiger partial charge in [0, 0.05) is 6.04 Å². The maximum Gasteiger partial charge on any atom is 0.218 e. The van der Waals surface area contributed by atoms with E-state index in [1.54, 1.807) is 4.52 Å². The molecule has 1 aliphatic carbocycles. The third kappa shape index (κ3) is 2.74. The summed E-state index contributed by atoms with van der Waals surface area (Å²) in [4.78, 5) is 4.28. The molecule has 0 spiro atoms. The first-order valence-electron chi connectivity index (χ1n) is 6.54. The molecule has 2 aromatic rings. The van der Waals surface area contributed by atoms with E-state index < -0.39 is 5.60 Å². The quantitative estimate of drug-likeness (QED) is 0.891. The molecule has 3 rings (SSSR count). The summed E-state index contributed by atoms with van der Waals surface area (Å²) in [5.74, 6) is 0.947. The van der Waals surface area contributed by atoms with Crippen LogP contribution in [0.4, 0.5) is 5.82 Å². The monoisotopic (exact) mass is 324 g/mol. The molecular formula is C13H17BrN4O. The van der Waals surface area contributed by atoms with E-state index in [1.807, 2.05) is 25.1 Å². The minimum atomic E-state index is -0.500. The molecule has 0 bridgehead atoms. The average Bonchev–Trinajstić information content (AvgIpc) is 2.73. The number of rotatable bonds is 2. The van der Waals surface area contributed by atoms with Crippen molar-refractivity contribution >= 4 is 27.4 Å². The first-order chi connectivity index (χ1) is 9.03. The third-order valence-electron chi connectivity index (χ3n) is 3.75. The minimum absolute atomic E-state index is 0.383. The van der Waals surface area contributed by atoms with Gasteiger partial charge >= 0.3 is 0 Å². The van der Waals surface area contributed by atoms with Crippen LogP contribution in [-0.4, -0.2) is 31.3 Å². The van der Waals surface area contributed by atoms with Gasteiger partial charge in [0.25, 0.3) is 0 Å². The second-order valence-corrected chi connectivity index (χ2v) is 6.19. The van der Waals surface area contributed by atoms with Gasteiger partial charge < -0.3 is 10.4 Å². The van der Waals surface area contributed by atoms with Gasteiger partial charge in [-0.15, -0.1) is 5.10 Å². The van der Waals surface area contributed by atoms with Crippen molar-refractivity contribution in [2.24, 2.45) is 0 Å². The van der Waals surface area contributed by atoms with Crippen LogP contribution in [0.15, 0.2) is 22.9 Å². The molecule has 6 heteroatoms. The zero-order valence-electron chi connectivity index (χ0n) is 10.8. The number of nitrogens with zero attached hydrogens (tertiary/aromatic N) is 3. The number of aromatic nitrogens is 3. The maximum atomic E-state index is 9.97. The highest BCUT2D eigenvalue weighted by molar-refractivity contribution is 9.10. The van der Waals surface area contributed by atoms with Gasteiger partial charge in [0.05, 0.1) is 5.60 Å². The second-order valence-electron chi connectivity index (χ2n) is 5.48. The van der Waals surface area contributed by atoms with Crippen molar-refractivity contribution in [2.75, 3.05) is 5.32 Å². The van der Waals surface area contributed by atoms with Crippen LogP contribution < -0.4 is 5.32 Å².